The third kappa shape index (κ3) is 3.43. The van der Waals surface area contributed by atoms with Crippen LogP contribution in [0.5, 0.6) is 0 Å². The van der Waals surface area contributed by atoms with Crippen LogP contribution in [0.1, 0.15) is 52.1 Å². The molecule has 2 rings (SSSR count). The molecule has 2 nitrogen and oxygen atoms in total. The summed E-state index contributed by atoms with van der Waals surface area (Å²) >= 11 is 0. The minimum atomic E-state index is 0.165. The van der Waals surface area contributed by atoms with E-state index in [9.17, 15) is 0 Å². The number of hydrogen-bond donors (Lipinski definition) is 1. The standard InChI is InChI=1S/C18H28N2/c1-5-17(19)14-6-8-16(9-7-14)20-12-10-15(11-13-20)18(2,3)4/h6-10,17H,5,11-13,19H2,1-4H3. The highest BCUT2D eigenvalue weighted by atomic mass is 15.1. The molecular formula is C18H28N2. The quantitative estimate of drug-likeness (QED) is 0.832. The average molecular weight is 272 g/mol. The minimum absolute atomic E-state index is 0.165. The van der Waals surface area contributed by atoms with Gasteiger partial charge in [-0.05, 0) is 36.0 Å². The number of benzene rings is 1. The van der Waals surface area contributed by atoms with Gasteiger partial charge in [0.25, 0.3) is 0 Å². The molecule has 1 atom stereocenters. The summed E-state index contributed by atoms with van der Waals surface area (Å²) in [6.45, 7) is 11.2. The van der Waals surface area contributed by atoms with Crippen molar-refractivity contribution in [1.82, 2.24) is 0 Å². The molecule has 0 amide bonds. The minimum Gasteiger partial charge on any atom is -0.367 e. The van der Waals surface area contributed by atoms with Crippen LogP contribution in [0.15, 0.2) is 35.9 Å². The molecule has 0 aromatic heterocycles. The van der Waals surface area contributed by atoms with Gasteiger partial charge in [-0.3, -0.25) is 0 Å². The van der Waals surface area contributed by atoms with Gasteiger partial charge in [0.05, 0.1) is 0 Å². The van der Waals surface area contributed by atoms with Crippen molar-refractivity contribution in [3.8, 4) is 0 Å². The molecule has 1 aliphatic heterocycles. The van der Waals surface area contributed by atoms with Gasteiger partial charge in [-0.15, -0.1) is 0 Å². The second-order valence-electron chi connectivity index (χ2n) is 6.78. The summed E-state index contributed by atoms with van der Waals surface area (Å²) in [5.41, 5.74) is 10.5. The van der Waals surface area contributed by atoms with Gasteiger partial charge in [-0.1, -0.05) is 51.5 Å². The third-order valence-corrected chi connectivity index (χ3v) is 4.30. The summed E-state index contributed by atoms with van der Waals surface area (Å²) in [5.74, 6) is 0. The normalized spacial score (nSPS) is 17.9. The van der Waals surface area contributed by atoms with Crippen molar-refractivity contribution in [3.63, 3.8) is 0 Å². The molecule has 0 aliphatic carbocycles. The van der Waals surface area contributed by atoms with Crippen LogP contribution in [0.25, 0.3) is 0 Å². The number of nitrogens with two attached hydrogens (primary N) is 1. The van der Waals surface area contributed by atoms with E-state index >= 15 is 0 Å². The summed E-state index contributed by atoms with van der Waals surface area (Å²) in [7, 11) is 0. The zero-order chi connectivity index (χ0) is 14.8. The fourth-order valence-electron chi connectivity index (χ4n) is 2.75. The predicted octanol–water partition coefficient (Wildman–Crippen LogP) is 4.28. The van der Waals surface area contributed by atoms with E-state index in [0.29, 0.717) is 5.41 Å². The summed E-state index contributed by atoms with van der Waals surface area (Å²) in [5, 5.41) is 0. The van der Waals surface area contributed by atoms with Crippen molar-refractivity contribution in [3.05, 3.63) is 41.5 Å². The second-order valence-corrected chi connectivity index (χ2v) is 6.78. The summed E-state index contributed by atoms with van der Waals surface area (Å²) in [6, 6.07) is 8.93. The maximum Gasteiger partial charge on any atom is 0.0369 e. The lowest BCUT2D eigenvalue weighted by Crippen LogP contribution is -2.31. The van der Waals surface area contributed by atoms with Crippen molar-refractivity contribution in [1.29, 1.82) is 0 Å². The highest BCUT2D eigenvalue weighted by molar-refractivity contribution is 5.50. The molecule has 0 saturated heterocycles. The van der Waals surface area contributed by atoms with E-state index in [1.54, 1.807) is 5.57 Å². The van der Waals surface area contributed by atoms with Gasteiger partial charge < -0.3 is 10.6 Å². The molecular weight excluding hydrogens is 244 g/mol. The van der Waals surface area contributed by atoms with Gasteiger partial charge >= 0.3 is 0 Å². The van der Waals surface area contributed by atoms with E-state index in [4.69, 9.17) is 5.73 Å². The first-order chi connectivity index (χ1) is 9.41. The molecule has 2 heteroatoms. The highest BCUT2D eigenvalue weighted by Gasteiger charge is 2.21. The number of rotatable bonds is 3. The van der Waals surface area contributed by atoms with E-state index in [-0.39, 0.29) is 6.04 Å². The van der Waals surface area contributed by atoms with E-state index in [1.807, 2.05) is 0 Å². The topological polar surface area (TPSA) is 29.3 Å². The molecule has 0 radical (unpaired) electrons. The van der Waals surface area contributed by atoms with Gasteiger partial charge in [0.2, 0.25) is 0 Å². The van der Waals surface area contributed by atoms with Crippen LogP contribution in [0.4, 0.5) is 5.69 Å². The van der Waals surface area contributed by atoms with Crippen LogP contribution in [-0.2, 0) is 0 Å². The summed E-state index contributed by atoms with van der Waals surface area (Å²) < 4.78 is 0. The Morgan fingerprint density at radius 2 is 1.85 bits per heavy atom. The van der Waals surface area contributed by atoms with E-state index < -0.39 is 0 Å². The second kappa shape index (κ2) is 6.01. The van der Waals surface area contributed by atoms with Crippen LogP contribution in [0.3, 0.4) is 0 Å². The zero-order valence-corrected chi connectivity index (χ0v) is 13.3. The largest absolute Gasteiger partial charge is 0.367 e. The van der Waals surface area contributed by atoms with Gasteiger partial charge in [0.1, 0.15) is 0 Å². The fraction of sp³-hybridized carbons (Fsp3) is 0.556. The van der Waals surface area contributed by atoms with E-state index in [1.165, 1.54) is 17.7 Å². The van der Waals surface area contributed by atoms with E-state index in [0.717, 1.165) is 19.5 Å². The Hall–Kier alpha value is -1.28. The first kappa shape index (κ1) is 15.1. The Morgan fingerprint density at radius 3 is 2.30 bits per heavy atom. The maximum atomic E-state index is 6.07. The molecule has 0 saturated carbocycles. The smallest absolute Gasteiger partial charge is 0.0369 e. The number of anilines is 1. The van der Waals surface area contributed by atoms with Crippen molar-refractivity contribution in [2.45, 2.75) is 46.6 Å². The van der Waals surface area contributed by atoms with Gasteiger partial charge in [0.15, 0.2) is 0 Å². The fourth-order valence-corrected chi connectivity index (χ4v) is 2.75. The summed E-state index contributed by atoms with van der Waals surface area (Å²) in [4.78, 5) is 2.44. The molecule has 1 heterocycles. The highest BCUT2D eigenvalue weighted by Crippen LogP contribution is 2.31. The Labute approximate surface area is 123 Å². The zero-order valence-electron chi connectivity index (χ0n) is 13.3. The first-order valence-corrected chi connectivity index (χ1v) is 7.72. The lowest BCUT2D eigenvalue weighted by atomic mass is 9.83. The number of hydrogen-bond acceptors (Lipinski definition) is 2. The molecule has 0 spiro atoms. The Morgan fingerprint density at radius 1 is 1.20 bits per heavy atom. The van der Waals surface area contributed by atoms with Gasteiger partial charge in [0, 0.05) is 24.8 Å². The Kier molecular flexibility index (Phi) is 4.54. The molecule has 1 unspecified atom stereocenters. The Bertz CT molecular complexity index is 465. The molecule has 1 aromatic carbocycles. The van der Waals surface area contributed by atoms with Crippen LogP contribution in [0, 0.1) is 5.41 Å². The van der Waals surface area contributed by atoms with E-state index in [2.05, 4.69) is 62.9 Å². The van der Waals surface area contributed by atoms with Crippen LogP contribution in [0.2, 0.25) is 0 Å². The molecule has 110 valence electrons. The van der Waals surface area contributed by atoms with Crippen molar-refractivity contribution >= 4 is 5.69 Å². The third-order valence-electron chi connectivity index (χ3n) is 4.30. The predicted molar refractivity (Wildman–Crippen MR) is 88.0 cm³/mol. The van der Waals surface area contributed by atoms with Crippen LogP contribution < -0.4 is 10.6 Å². The molecule has 0 bridgehead atoms. The monoisotopic (exact) mass is 272 g/mol. The van der Waals surface area contributed by atoms with Crippen LogP contribution >= 0.6 is 0 Å². The van der Waals surface area contributed by atoms with Crippen molar-refractivity contribution < 1.29 is 0 Å². The molecule has 20 heavy (non-hydrogen) atoms. The van der Waals surface area contributed by atoms with Crippen LogP contribution in [-0.4, -0.2) is 13.1 Å². The summed E-state index contributed by atoms with van der Waals surface area (Å²) in [6.07, 6.45) is 4.55. The lowest BCUT2D eigenvalue weighted by molar-refractivity contribution is 0.472. The first-order valence-electron chi connectivity index (χ1n) is 7.72. The average Bonchev–Trinajstić information content (AvgIpc) is 2.46. The maximum absolute atomic E-state index is 6.07. The molecule has 0 fully saturated rings. The lowest BCUT2D eigenvalue weighted by Gasteiger charge is -2.33. The SMILES string of the molecule is CCC(N)c1ccc(N2CC=C(C(C)(C)C)CC2)cc1. The van der Waals surface area contributed by atoms with Crippen molar-refractivity contribution in [2.24, 2.45) is 11.1 Å². The van der Waals surface area contributed by atoms with Crippen molar-refractivity contribution in [2.75, 3.05) is 18.0 Å². The van der Waals surface area contributed by atoms with Gasteiger partial charge in [-0.25, -0.2) is 0 Å². The Balaban J connectivity index is 2.06. The molecule has 1 aromatic rings. The van der Waals surface area contributed by atoms with Gasteiger partial charge in [-0.2, -0.15) is 0 Å². The molecule has 1 aliphatic rings. The number of nitrogens with zero attached hydrogens (tertiary/aromatic N) is 1. The molecule has 2 N–H and O–H groups in total.